The molecule has 4 atom stereocenters. The van der Waals surface area contributed by atoms with Crippen LogP contribution in [0.3, 0.4) is 0 Å². The highest BCUT2D eigenvalue weighted by atomic mass is 16.5. The lowest BCUT2D eigenvalue weighted by molar-refractivity contribution is -0.128. The number of Topliss-reactive ketones (excluding diaryl/α,β-unsaturated/α-hetero) is 1. The summed E-state index contributed by atoms with van der Waals surface area (Å²) in [6, 6.07) is 28.8. The number of fused-ring (bicyclic) bond motifs is 8. The lowest BCUT2D eigenvalue weighted by Crippen LogP contribution is -2.32. The third-order valence-corrected chi connectivity index (χ3v) is 6.17. The van der Waals surface area contributed by atoms with E-state index in [1.54, 1.807) is 0 Å². The van der Waals surface area contributed by atoms with Gasteiger partial charge in [-0.15, -0.1) is 0 Å². The zero-order valence-corrected chi connectivity index (χ0v) is 13.6. The summed E-state index contributed by atoms with van der Waals surface area (Å²) >= 11 is 0. The number of carbonyl (C=O) groups excluding carboxylic acids is 1. The Labute approximate surface area is 146 Å². The molecule has 2 heterocycles. The molecule has 0 radical (unpaired) electrons. The van der Waals surface area contributed by atoms with Gasteiger partial charge in [0.1, 0.15) is 17.0 Å². The summed E-state index contributed by atoms with van der Waals surface area (Å²) in [5.74, 6) is 0.171. The summed E-state index contributed by atoms with van der Waals surface area (Å²) in [7, 11) is 0. The predicted molar refractivity (Wildman–Crippen MR) is 94.0 cm³/mol. The Kier molecular flexibility index (Phi) is 2.32. The van der Waals surface area contributed by atoms with E-state index >= 15 is 0 Å². The highest BCUT2D eigenvalue weighted by molar-refractivity contribution is 6.05. The van der Waals surface area contributed by atoms with Crippen molar-refractivity contribution in [1.82, 2.24) is 0 Å². The molecule has 1 saturated heterocycles. The molecule has 2 nitrogen and oxygen atoms in total. The summed E-state index contributed by atoms with van der Waals surface area (Å²) < 4.78 is 6.90. The van der Waals surface area contributed by atoms with Crippen molar-refractivity contribution >= 4 is 5.78 Å². The van der Waals surface area contributed by atoms with E-state index in [-0.39, 0.29) is 11.8 Å². The van der Waals surface area contributed by atoms with Crippen LogP contribution in [0.2, 0.25) is 0 Å². The average molecular weight is 324 g/mol. The monoisotopic (exact) mass is 324 g/mol. The Hall–Kier alpha value is -2.71. The van der Waals surface area contributed by atoms with Crippen LogP contribution < -0.4 is 0 Å². The van der Waals surface area contributed by atoms with E-state index in [0.29, 0.717) is 5.78 Å². The summed E-state index contributed by atoms with van der Waals surface area (Å²) in [6.45, 7) is 0. The van der Waals surface area contributed by atoms with Crippen molar-refractivity contribution in [3.05, 3.63) is 107 Å². The van der Waals surface area contributed by atoms with Crippen LogP contribution in [0.25, 0.3) is 0 Å². The first-order valence-corrected chi connectivity index (χ1v) is 8.75. The molecule has 0 aromatic heterocycles. The Morgan fingerprint density at radius 2 is 1.00 bits per heavy atom. The van der Waals surface area contributed by atoms with Crippen LogP contribution in [0.5, 0.6) is 0 Å². The number of carbonyl (C=O) groups is 1. The van der Waals surface area contributed by atoms with E-state index in [2.05, 4.69) is 36.4 Å². The molecule has 1 aliphatic carbocycles. The van der Waals surface area contributed by atoms with Gasteiger partial charge < -0.3 is 4.74 Å². The Bertz CT molecular complexity index is 930. The smallest absolute Gasteiger partial charge is 0.147 e. The molecule has 0 spiro atoms. The van der Waals surface area contributed by atoms with Gasteiger partial charge in [0.25, 0.3) is 0 Å². The van der Waals surface area contributed by atoms with E-state index in [1.807, 2.05) is 48.5 Å². The minimum atomic E-state index is -0.643. The van der Waals surface area contributed by atoms with E-state index in [0.717, 1.165) is 22.3 Å². The number of hydrogen-bond donors (Lipinski definition) is 0. The average Bonchev–Trinajstić information content (AvgIpc) is 3.15. The lowest BCUT2D eigenvalue weighted by atomic mass is 9.72. The van der Waals surface area contributed by atoms with Gasteiger partial charge in [0.2, 0.25) is 0 Å². The predicted octanol–water partition coefficient (Wildman–Crippen LogP) is 4.03. The normalized spacial score (nSPS) is 33.8. The molecule has 0 unspecified atom stereocenters. The molecule has 2 bridgehead atoms. The van der Waals surface area contributed by atoms with Gasteiger partial charge in [0.05, 0.1) is 11.8 Å². The molecule has 3 aromatic carbocycles. The first-order chi connectivity index (χ1) is 12.3. The maximum Gasteiger partial charge on any atom is 0.147 e. The highest BCUT2D eigenvalue weighted by Crippen LogP contribution is 2.75. The largest absolute Gasteiger partial charge is 0.348 e. The van der Waals surface area contributed by atoms with Crippen LogP contribution in [0.1, 0.15) is 22.3 Å². The van der Waals surface area contributed by atoms with E-state index < -0.39 is 11.2 Å². The van der Waals surface area contributed by atoms with Gasteiger partial charge in [-0.2, -0.15) is 0 Å². The zero-order chi connectivity index (χ0) is 16.6. The molecule has 2 aliphatic heterocycles. The molecule has 0 amide bonds. The topological polar surface area (TPSA) is 26.3 Å². The van der Waals surface area contributed by atoms with E-state index in [4.69, 9.17) is 4.74 Å². The van der Waals surface area contributed by atoms with Gasteiger partial charge in [-0.05, 0) is 22.3 Å². The molecular formula is C23H16O2. The number of ketones is 1. The first kappa shape index (κ1) is 13.6. The summed E-state index contributed by atoms with van der Waals surface area (Å²) in [4.78, 5) is 12.9. The van der Waals surface area contributed by atoms with Crippen molar-refractivity contribution in [2.24, 2.45) is 11.8 Å². The SMILES string of the molecule is O=C1[C@@H]2[C@H]1[C@]1(c3ccccc3)O[C@@]2(c2ccccc2)c2ccccc21. The van der Waals surface area contributed by atoms with Crippen molar-refractivity contribution in [3.63, 3.8) is 0 Å². The number of ether oxygens (including phenoxy) is 1. The zero-order valence-electron chi connectivity index (χ0n) is 13.6. The van der Waals surface area contributed by atoms with Crippen molar-refractivity contribution < 1.29 is 9.53 Å². The quantitative estimate of drug-likeness (QED) is 0.711. The van der Waals surface area contributed by atoms with Gasteiger partial charge in [0.15, 0.2) is 0 Å². The minimum absolute atomic E-state index is 0.0787. The summed E-state index contributed by atoms with van der Waals surface area (Å²) in [5, 5.41) is 0. The lowest BCUT2D eigenvalue weighted by Gasteiger charge is -2.30. The Morgan fingerprint density at radius 1 is 0.600 bits per heavy atom. The standard InChI is InChI=1S/C23H16O2/c24-21-19-20(21)23(16-11-5-2-6-12-16)18-14-8-7-13-17(18)22(19,25-23)15-9-3-1-4-10-15/h1-14,19-20H/t19-,20+,22-,23+. The first-order valence-electron chi connectivity index (χ1n) is 8.75. The second-order valence-electron chi connectivity index (χ2n) is 7.21. The molecule has 120 valence electrons. The third kappa shape index (κ3) is 1.36. The maximum absolute atomic E-state index is 12.9. The fourth-order valence-electron chi connectivity index (χ4n) is 5.23. The van der Waals surface area contributed by atoms with Gasteiger partial charge in [0, 0.05) is 0 Å². The molecule has 0 N–H and O–H groups in total. The fourth-order valence-corrected chi connectivity index (χ4v) is 5.23. The second kappa shape index (κ2) is 4.27. The van der Waals surface area contributed by atoms with Crippen LogP contribution in [0.4, 0.5) is 0 Å². The molecule has 2 fully saturated rings. The van der Waals surface area contributed by atoms with Gasteiger partial charge >= 0.3 is 0 Å². The summed E-state index contributed by atoms with van der Waals surface area (Å²) in [6.07, 6.45) is 0. The van der Waals surface area contributed by atoms with Crippen LogP contribution >= 0.6 is 0 Å². The van der Waals surface area contributed by atoms with Crippen LogP contribution in [0, 0.1) is 11.8 Å². The fraction of sp³-hybridized carbons (Fsp3) is 0.174. The molecular weight excluding hydrogens is 308 g/mol. The van der Waals surface area contributed by atoms with Crippen LogP contribution in [-0.2, 0) is 20.7 Å². The van der Waals surface area contributed by atoms with Crippen LogP contribution in [-0.4, -0.2) is 5.78 Å². The second-order valence-corrected chi connectivity index (χ2v) is 7.21. The van der Waals surface area contributed by atoms with Crippen molar-refractivity contribution in [2.75, 3.05) is 0 Å². The minimum Gasteiger partial charge on any atom is -0.348 e. The van der Waals surface area contributed by atoms with Crippen LogP contribution in [0.15, 0.2) is 84.9 Å². The highest BCUT2D eigenvalue weighted by Gasteiger charge is 2.83. The van der Waals surface area contributed by atoms with Gasteiger partial charge in [-0.25, -0.2) is 0 Å². The molecule has 25 heavy (non-hydrogen) atoms. The molecule has 3 aromatic rings. The maximum atomic E-state index is 12.9. The Balaban J connectivity index is 1.71. The number of benzene rings is 3. The molecule has 2 heteroatoms. The third-order valence-electron chi connectivity index (χ3n) is 6.17. The van der Waals surface area contributed by atoms with E-state index in [1.165, 1.54) is 0 Å². The van der Waals surface area contributed by atoms with E-state index in [9.17, 15) is 4.79 Å². The number of hydrogen-bond acceptors (Lipinski definition) is 2. The van der Waals surface area contributed by atoms with Gasteiger partial charge in [-0.1, -0.05) is 84.9 Å². The Morgan fingerprint density at radius 3 is 1.44 bits per heavy atom. The van der Waals surface area contributed by atoms with Gasteiger partial charge in [-0.3, -0.25) is 4.79 Å². The molecule has 3 aliphatic rings. The summed E-state index contributed by atoms with van der Waals surface area (Å²) in [5.41, 5.74) is 3.18. The molecule has 1 saturated carbocycles. The van der Waals surface area contributed by atoms with Crippen molar-refractivity contribution in [1.29, 1.82) is 0 Å². The number of rotatable bonds is 2. The van der Waals surface area contributed by atoms with Crippen molar-refractivity contribution in [2.45, 2.75) is 11.2 Å². The van der Waals surface area contributed by atoms with Crippen molar-refractivity contribution in [3.8, 4) is 0 Å². The molecule has 6 rings (SSSR count).